The van der Waals surface area contributed by atoms with Gasteiger partial charge in [-0.2, -0.15) is 0 Å². The summed E-state index contributed by atoms with van der Waals surface area (Å²) in [6, 6.07) is 0.441. The van der Waals surface area contributed by atoms with Gasteiger partial charge in [-0.05, 0) is 73.0 Å². The highest BCUT2D eigenvalue weighted by molar-refractivity contribution is 5.77. The highest BCUT2D eigenvalue weighted by Gasteiger charge is 2.62. The zero-order chi connectivity index (χ0) is 16.6. The van der Waals surface area contributed by atoms with Crippen LogP contribution in [0, 0.1) is 34.5 Å². The Kier molecular flexibility index (Phi) is 3.44. The lowest BCUT2D eigenvalue weighted by Crippen LogP contribution is -2.61. The van der Waals surface area contributed by atoms with E-state index in [0.717, 1.165) is 37.5 Å². The molecule has 0 aromatic heterocycles. The van der Waals surface area contributed by atoms with Crippen molar-refractivity contribution in [2.75, 3.05) is 7.05 Å². The number of fused-ring (bicyclic) bond motifs is 5. The van der Waals surface area contributed by atoms with Crippen molar-refractivity contribution in [1.29, 1.82) is 0 Å². The molecule has 3 unspecified atom stereocenters. The molecule has 1 saturated heterocycles. The lowest BCUT2D eigenvalue weighted by atomic mass is 9.46. The molecule has 1 heterocycles. The Balaban J connectivity index is 1.68. The molecular weight excluding hydrogens is 286 g/mol. The Morgan fingerprint density at radius 3 is 2.61 bits per heavy atom. The molecule has 4 aliphatic rings. The Labute approximate surface area is 140 Å². The molecule has 0 aromatic rings. The van der Waals surface area contributed by atoms with Gasteiger partial charge in [0.1, 0.15) is 0 Å². The van der Waals surface area contributed by atoms with Crippen molar-refractivity contribution in [2.45, 2.75) is 77.9 Å². The molecule has 1 N–H and O–H groups in total. The van der Waals surface area contributed by atoms with E-state index in [4.69, 9.17) is 0 Å². The first-order valence-corrected chi connectivity index (χ1v) is 9.73. The normalized spacial score (nSPS) is 56.0. The van der Waals surface area contributed by atoms with Gasteiger partial charge in [0.25, 0.3) is 0 Å². The van der Waals surface area contributed by atoms with E-state index < -0.39 is 0 Å². The summed E-state index contributed by atoms with van der Waals surface area (Å²) in [5.74, 6) is 3.16. The first-order chi connectivity index (χ1) is 10.8. The Hall–Kier alpha value is -0.570. The van der Waals surface area contributed by atoms with Crippen molar-refractivity contribution >= 4 is 5.91 Å². The number of hydrogen-bond donors (Lipinski definition) is 1. The molecule has 0 bridgehead atoms. The predicted molar refractivity (Wildman–Crippen MR) is 90.7 cm³/mol. The van der Waals surface area contributed by atoms with Crippen LogP contribution in [-0.4, -0.2) is 35.1 Å². The van der Waals surface area contributed by atoms with E-state index >= 15 is 0 Å². The number of likely N-dealkylation sites (tertiary alicyclic amines) is 1. The van der Waals surface area contributed by atoms with E-state index in [0.29, 0.717) is 29.2 Å². The Morgan fingerprint density at radius 1 is 1.13 bits per heavy atom. The van der Waals surface area contributed by atoms with Gasteiger partial charge in [0.15, 0.2) is 0 Å². The summed E-state index contributed by atoms with van der Waals surface area (Å²) in [5.41, 5.74) is 0.431. The van der Waals surface area contributed by atoms with Crippen LogP contribution in [0.3, 0.4) is 0 Å². The van der Waals surface area contributed by atoms with E-state index in [1.165, 1.54) is 19.3 Å². The maximum atomic E-state index is 12.2. The van der Waals surface area contributed by atoms with E-state index in [-0.39, 0.29) is 11.5 Å². The molecular formula is C20H33NO2. The van der Waals surface area contributed by atoms with Crippen molar-refractivity contribution in [1.82, 2.24) is 4.90 Å². The number of aliphatic hydroxyl groups is 1. The maximum absolute atomic E-state index is 12.2. The fourth-order valence-electron chi connectivity index (χ4n) is 7.66. The number of piperidine rings is 1. The van der Waals surface area contributed by atoms with Gasteiger partial charge < -0.3 is 10.0 Å². The first-order valence-electron chi connectivity index (χ1n) is 9.73. The Bertz CT molecular complexity index is 520. The molecule has 23 heavy (non-hydrogen) atoms. The molecule has 1 amide bonds. The third-order valence-corrected chi connectivity index (χ3v) is 8.82. The molecule has 0 aromatic carbocycles. The van der Waals surface area contributed by atoms with Gasteiger partial charge in [-0.3, -0.25) is 4.79 Å². The molecule has 3 heteroatoms. The monoisotopic (exact) mass is 319 g/mol. The van der Waals surface area contributed by atoms with Gasteiger partial charge in [-0.15, -0.1) is 0 Å². The summed E-state index contributed by atoms with van der Waals surface area (Å²) in [7, 11) is 2.03. The molecule has 1 aliphatic heterocycles. The second kappa shape index (κ2) is 4.97. The Morgan fingerprint density at radius 2 is 1.87 bits per heavy atom. The third-order valence-electron chi connectivity index (χ3n) is 8.82. The average Bonchev–Trinajstić information content (AvgIpc) is 2.73. The summed E-state index contributed by atoms with van der Waals surface area (Å²) in [4.78, 5) is 14.2. The van der Waals surface area contributed by atoms with E-state index in [1.54, 1.807) is 0 Å². The predicted octanol–water partition coefficient (Wildman–Crippen LogP) is 3.46. The van der Waals surface area contributed by atoms with Crippen molar-refractivity contribution < 1.29 is 9.90 Å². The maximum Gasteiger partial charge on any atom is 0.222 e. The van der Waals surface area contributed by atoms with Crippen LogP contribution in [0.4, 0.5) is 0 Å². The van der Waals surface area contributed by atoms with Crippen LogP contribution in [-0.2, 0) is 4.79 Å². The summed E-state index contributed by atoms with van der Waals surface area (Å²) < 4.78 is 0. The smallest absolute Gasteiger partial charge is 0.222 e. The van der Waals surface area contributed by atoms with Crippen LogP contribution < -0.4 is 0 Å². The van der Waals surface area contributed by atoms with Gasteiger partial charge >= 0.3 is 0 Å². The summed E-state index contributed by atoms with van der Waals surface area (Å²) in [6.07, 6.45) is 7.51. The van der Waals surface area contributed by atoms with E-state index in [9.17, 15) is 9.90 Å². The van der Waals surface area contributed by atoms with Crippen molar-refractivity contribution in [3.8, 4) is 0 Å². The lowest BCUT2D eigenvalue weighted by Gasteiger charge is -2.62. The van der Waals surface area contributed by atoms with Crippen LogP contribution in [0.2, 0.25) is 0 Å². The van der Waals surface area contributed by atoms with E-state index in [1.807, 2.05) is 7.05 Å². The zero-order valence-corrected chi connectivity index (χ0v) is 15.2. The fraction of sp³-hybridized carbons (Fsp3) is 0.950. The topological polar surface area (TPSA) is 40.5 Å². The second-order valence-corrected chi connectivity index (χ2v) is 9.67. The zero-order valence-electron chi connectivity index (χ0n) is 15.2. The molecule has 4 fully saturated rings. The molecule has 3 saturated carbocycles. The van der Waals surface area contributed by atoms with Gasteiger partial charge in [0.05, 0.1) is 6.10 Å². The number of rotatable bonds is 0. The van der Waals surface area contributed by atoms with Gasteiger partial charge in [-0.1, -0.05) is 20.8 Å². The second-order valence-electron chi connectivity index (χ2n) is 9.67. The number of aliphatic hydroxyl groups excluding tert-OH is 1. The number of amides is 1. The SMILES string of the molecule is C[C@H]1C[C@H](O)[C@@]2(C)CCC3C(CC[C@H]4N(C)C(=O)CC[C@]34C)C12. The number of carbonyl (C=O) groups excluding carboxylic acids is 1. The highest BCUT2D eigenvalue weighted by Crippen LogP contribution is 2.65. The summed E-state index contributed by atoms with van der Waals surface area (Å²) in [6.45, 7) is 7.19. The summed E-state index contributed by atoms with van der Waals surface area (Å²) in [5, 5.41) is 10.7. The minimum Gasteiger partial charge on any atom is -0.393 e. The number of carbonyl (C=O) groups is 1. The summed E-state index contributed by atoms with van der Waals surface area (Å²) >= 11 is 0. The largest absolute Gasteiger partial charge is 0.393 e. The number of nitrogens with zero attached hydrogens (tertiary/aromatic N) is 1. The lowest BCUT2D eigenvalue weighted by molar-refractivity contribution is -0.161. The van der Waals surface area contributed by atoms with E-state index in [2.05, 4.69) is 25.7 Å². The number of hydrogen-bond acceptors (Lipinski definition) is 2. The van der Waals surface area contributed by atoms with Crippen molar-refractivity contribution in [3.63, 3.8) is 0 Å². The molecule has 0 radical (unpaired) electrons. The molecule has 0 spiro atoms. The standard InChI is InChI=1S/C20H33NO2/c1-12-11-16(22)20(3)9-7-14-13(18(12)20)5-6-15-19(14,2)10-8-17(23)21(15)4/h12-16,18,22H,5-11H2,1-4H3/t12-,13?,14?,15+,16-,18?,19+,20+/m0/s1. The molecule has 8 atom stereocenters. The van der Waals surface area contributed by atoms with Crippen LogP contribution in [0.25, 0.3) is 0 Å². The quantitative estimate of drug-likeness (QED) is 0.743. The van der Waals surface area contributed by atoms with Crippen molar-refractivity contribution in [2.24, 2.45) is 34.5 Å². The molecule has 4 rings (SSSR count). The van der Waals surface area contributed by atoms with Crippen LogP contribution >= 0.6 is 0 Å². The van der Waals surface area contributed by atoms with Crippen LogP contribution in [0.5, 0.6) is 0 Å². The molecule has 3 nitrogen and oxygen atoms in total. The average molecular weight is 319 g/mol. The van der Waals surface area contributed by atoms with Gasteiger partial charge in [0, 0.05) is 19.5 Å². The first kappa shape index (κ1) is 15.9. The van der Waals surface area contributed by atoms with Gasteiger partial charge in [-0.25, -0.2) is 0 Å². The van der Waals surface area contributed by atoms with Gasteiger partial charge in [0.2, 0.25) is 5.91 Å². The van der Waals surface area contributed by atoms with Crippen LogP contribution in [0.1, 0.15) is 65.7 Å². The third kappa shape index (κ3) is 1.95. The molecule has 130 valence electrons. The van der Waals surface area contributed by atoms with Crippen LogP contribution in [0.15, 0.2) is 0 Å². The minimum absolute atomic E-state index is 0.107. The minimum atomic E-state index is -0.107. The fourth-order valence-corrected chi connectivity index (χ4v) is 7.66. The molecule has 3 aliphatic carbocycles. The highest BCUT2D eigenvalue weighted by atomic mass is 16.3. The van der Waals surface area contributed by atoms with Crippen molar-refractivity contribution in [3.05, 3.63) is 0 Å².